The molecule has 4 heteroatoms. The number of nitrogens with one attached hydrogen (secondary N) is 2. The standard InChI is InChI=1S/C11H24N2O2.C4H10.C3H8.C2H6/c1-5-6-7-12-8-9-13-10(14)15-11(2,3)4;1-3-4-2;1-3-2;1-2/h12H,5-9H2,1-4H3,(H,13,14);3-4H2,1-2H3;3H2,1-2H3;1-2H3. The number of carbonyl (C=O) groups is 1. The highest BCUT2D eigenvalue weighted by Gasteiger charge is 2.15. The Kier molecular flexibility index (Phi) is 35.0. The summed E-state index contributed by atoms with van der Waals surface area (Å²) in [5.74, 6) is 0. The van der Waals surface area contributed by atoms with Crippen LogP contribution in [0.25, 0.3) is 0 Å². The van der Waals surface area contributed by atoms with Gasteiger partial charge in [-0.05, 0) is 33.7 Å². The first-order valence-corrected chi connectivity index (χ1v) is 9.96. The number of unbranched alkanes of at least 4 members (excludes halogenated alkanes) is 2. The third-order valence-corrected chi connectivity index (χ3v) is 2.18. The van der Waals surface area contributed by atoms with E-state index in [-0.39, 0.29) is 6.09 Å². The number of ether oxygens (including phenoxy) is 1. The van der Waals surface area contributed by atoms with Gasteiger partial charge < -0.3 is 15.4 Å². The van der Waals surface area contributed by atoms with Crippen LogP contribution in [0, 0.1) is 0 Å². The molecule has 0 aliphatic carbocycles. The molecule has 0 bridgehead atoms. The average Bonchev–Trinajstić information content (AvgIpc) is 2.52. The highest BCUT2D eigenvalue weighted by Crippen LogP contribution is 2.05. The molecule has 0 radical (unpaired) electrons. The van der Waals surface area contributed by atoms with Crippen LogP contribution in [0.2, 0.25) is 0 Å². The van der Waals surface area contributed by atoms with E-state index in [1.165, 1.54) is 32.1 Å². The van der Waals surface area contributed by atoms with E-state index in [1.54, 1.807) is 0 Å². The van der Waals surface area contributed by atoms with Gasteiger partial charge in [-0.2, -0.15) is 0 Å². The van der Waals surface area contributed by atoms with E-state index in [9.17, 15) is 4.79 Å². The Labute approximate surface area is 153 Å². The van der Waals surface area contributed by atoms with Gasteiger partial charge in [0, 0.05) is 13.1 Å². The molecule has 0 rings (SSSR count). The fourth-order valence-electron chi connectivity index (χ4n) is 0.994. The van der Waals surface area contributed by atoms with Crippen molar-refractivity contribution in [2.75, 3.05) is 19.6 Å². The molecule has 0 heterocycles. The molecule has 0 atom stereocenters. The molecule has 24 heavy (non-hydrogen) atoms. The largest absolute Gasteiger partial charge is 0.444 e. The molecule has 0 aliphatic heterocycles. The number of carbonyl (C=O) groups excluding carboxylic acids is 1. The third kappa shape index (κ3) is 49.6. The van der Waals surface area contributed by atoms with Crippen molar-refractivity contribution in [2.24, 2.45) is 0 Å². The fraction of sp³-hybridized carbons (Fsp3) is 0.950. The minimum absolute atomic E-state index is 0.347. The average molecular weight is 349 g/mol. The normalized spacial score (nSPS) is 9.25. The van der Waals surface area contributed by atoms with E-state index in [2.05, 4.69) is 45.3 Å². The first-order valence-electron chi connectivity index (χ1n) is 9.96. The van der Waals surface area contributed by atoms with Gasteiger partial charge in [0.05, 0.1) is 0 Å². The van der Waals surface area contributed by atoms with E-state index in [4.69, 9.17) is 4.74 Å². The van der Waals surface area contributed by atoms with Crippen molar-refractivity contribution < 1.29 is 9.53 Å². The van der Waals surface area contributed by atoms with Gasteiger partial charge in [0.2, 0.25) is 0 Å². The Hall–Kier alpha value is -0.770. The van der Waals surface area contributed by atoms with Crippen LogP contribution in [-0.4, -0.2) is 31.3 Å². The molecule has 0 spiro atoms. The van der Waals surface area contributed by atoms with Crippen molar-refractivity contribution in [3.63, 3.8) is 0 Å². The van der Waals surface area contributed by atoms with Crippen LogP contribution in [-0.2, 0) is 4.74 Å². The van der Waals surface area contributed by atoms with E-state index >= 15 is 0 Å². The molecule has 0 saturated heterocycles. The molecule has 0 aliphatic rings. The summed E-state index contributed by atoms with van der Waals surface area (Å²) in [6.07, 6.45) is 5.90. The highest BCUT2D eigenvalue weighted by atomic mass is 16.6. The number of hydrogen-bond donors (Lipinski definition) is 2. The van der Waals surface area contributed by atoms with Crippen LogP contribution in [0.1, 0.15) is 101 Å². The molecule has 150 valence electrons. The molecule has 0 fully saturated rings. The van der Waals surface area contributed by atoms with Crippen molar-refractivity contribution in [2.45, 2.75) is 107 Å². The van der Waals surface area contributed by atoms with E-state index in [1.807, 2.05) is 34.6 Å². The van der Waals surface area contributed by atoms with Crippen LogP contribution < -0.4 is 10.6 Å². The predicted molar refractivity (Wildman–Crippen MR) is 110 cm³/mol. The summed E-state index contributed by atoms with van der Waals surface area (Å²) in [5.41, 5.74) is -0.417. The maximum Gasteiger partial charge on any atom is 0.407 e. The summed E-state index contributed by atoms with van der Waals surface area (Å²) in [6, 6.07) is 0. The van der Waals surface area contributed by atoms with Gasteiger partial charge in [0.15, 0.2) is 0 Å². The molecule has 0 saturated carbocycles. The quantitative estimate of drug-likeness (QED) is 0.542. The molecule has 0 aromatic heterocycles. The second kappa shape index (κ2) is 27.1. The Morgan fingerprint density at radius 3 is 1.62 bits per heavy atom. The van der Waals surface area contributed by atoms with Gasteiger partial charge in [-0.15, -0.1) is 0 Å². The molecule has 0 aromatic rings. The van der Waals surface area contributed by atoms with Crippen LogP contribution in [0.3, 0.4) is 0 Å². The first-order chi connectivity index (χ1) is 11.3. The van der Waals surface area contributed by atoms with Crippen LogP contribution >= 0.6 is 0 Å². The lowest BCUT2D eigenvalue weighted by molar-refractivity contribution is 0.0528. The fourth-order valence-corrected chi connectivity index (χ4v) is 0.994. The molecule has 4 nitrogen and oxygen atoms in total. The second-order valence-electron chi connectivity index (χ2n) is 6.24. The van der Waals surface area contributed by atoms with Crippen LogP contribution in [0.5, 0.6) is 0 Å². The lowest BCUT2D eigenvalue weighted by atomic mass is 10.2. The van der Waals surface area contributed by atoms with Crippen molar-refractivity contribution in [1.82, 2.24) is 10.6 Å². The first kappa shape index (κ1) is 31.0. The minimum Gasteiger partial charge on any atom is -0.444 e. The SMILES string of the molecule is CC.CCC.CCCC.CCCCNCCNC(=O)OC(C)(C)C. The summed E-state index contributed by atoms with van der Waals surface area (Å²) in [4.78, 5) is 11.2. The molecule has 1 amide bonds. The number of hydrogen-bond acceptors (Lipinski definition) is 3. The monoisotopic (exact) mass is 348 g/mol. The predicted octanol–water partition coefficient (Wildman–Crippen LogP) is 6.15. The Bertz CT molecular complexity index is 212. The van der Waals surface area contributed by atoms with E-state index in [0.717, 1.165) is 13.1 Å². The van der Waals surface area contributed by atoms with Gasteiger partial charge >= 0.3 is 6.09 Å². The van der Waals surface area contributed by atoms with E-state index in [0.29, 0.717) is 6.54 Å². The summed E-state index contributed by atoms with van der Waals surface area (Å²) >= 11 is 0. The van der Waals surface area contributed by atoms with E-state index < -0.39 is 5.60 Å². The lowest BCUT2D eigenvalue weighted by Gasteiger charge is -2.19. The summed E-state index contributed by atoms with van der Waals surface area (Å²) < 4.78 is 5.09. The van der Waals surface area contributed by atoms with Crippen molar-refractivity contribution >= 4 is 6.09 Å². The molecular weight excluding hydrogens is 300 g/mol. The van der Waals surface area contributed by atoms with Crippen LogP contribution in [0.4, 0.5) is 4.79 Å². The van der Waals surface area contributed by atoms with Gasteiger partial charge in [-0.1, -0.05) is 74.1 Å². The molecule has 2 N–H and O–H groups in total. The third-order valence-electron chi connectivity index (χ3n) is 2.18. The Balaban J connectivity index is -0.000000185. The van der Waals surface area contributed by atoms with Gasteiger partial charge in [-0.3, -0.25) is 0 Å². The maximum atomic E-state index is 11.2. The Morgan fingerprint density at radius 1 is 0.833 bits per heavy atom. The van der Waals surface area contributed by atoms with Crippen LogP contribution in [0.15, 0.2) is 0 Å². The smallest absolute Gasteiger partial charge is 0.407 e. The number of amides is 1. The Morgan fingerprint density at radius 2 is 1.29 bits per heavy atom. The van der Waals surface area contributed by atoms with Gasteiger partial charge in [0.1, 0.15) is 5.60 Å². The zero-order valence-corrected chi connectivity index (χ0v) is 18.5. The lowest BCUT2D eigenvalue weighted by Crippen LogP contribution is -2.36. The number of rotatable bonds is 7. The zero-order valence-electron chi connectivity index (χ0n) is 18.5. The maximum absolute atomic E-state index is 11.2. The molecule has 0 aromatic carbocycles. The van der Waals surface area contributed by atoms with Crippen molar-refractivity contribution in [3.05, 3.63) is 0 Å². The summed E-state index contributed by atoms with van der Waals surface area (Å²) in [5, 5.41) is 5.93. The van der Waals surface area contributed by atoms with Crippen molar-refractivity contribution in [1.29, 1.82) is 0 Å². The minimum atomic E-state index is -0.417. The number of alkyl carbamates (subject to hydrolysis) is 1. The van der Waals surface area contributed by atoms with Crippen molar-refractivity contribution in [3.8, 4) is 0 Å². The highest BCUT2D eigenvalue weighted by molar-refractivity contribution is 5.67. The molecular formula is C20H48N2O2. The zero-order chi connectivity index (χ0) is 19.9. The van der Waals surface area contributed by atoms with Gasteiger partial charge in [-0.25, -0.2) is 4.79 Å². The van der Waals surface area contributed by atoms with Gasteiger partial charge in [0.25, 0.3) is 0 Å². The molecule has 0 unspecified atom stereocenters. The summed E-state index contributed by atoms with van der Waals surface area (Å²) in [7, 11) is 0. The topological polar surface area (TPSA) is 50.4 Å². The second-order valence-corrected chi connectivity index (χ2v) is 6.24. The summed E-state index contributed by atoms with van der Waals surface area (Å²) in [6.45, 7) is 22.7.